The molecule has 0 radical (unpaired) electrons. The van der Waals surface area contributed by atoms with Crippen molar-refractivity contribution in [2.24, 2.45) is 0 Å². The number of thiophene rings is 1. The van der Waals surface area contributed by atoms with Gasteiger partial charge in [-0.05, 0) is 43.7 Å². The third-order valence-corrected chi connectivity index (χ3v) is 5.65. The van der Waals surface area contributed by atoms with Gasteiger partial charge in [-0.1, -0.05) is 11.6 Å². The molecule has 108 valence electrons. The Morgan fingerprint density at radius 3 is 2.62 bits per heavy atom. The molecule has 0 saturated heterocycles. The van der Waals surface area contributed by atoms with E-state index in [1.807, 2.05) is 24.3 Å². The van der Waals surface area contributed by atoms with E-state index in [9.17, 15) is 0 Å². The standard InChI is InChI=1S/C15H14ClN3S2/c1-8-9(2)21-15-13(8)14(17)18-12(19-15)7-20-11-5-3-10(16)4-6-11/h3-6H,7H2,1-2H3,(H2,17,18,19). The zero-order valence-corrected chi connectivity index (χ0v) is 14.1. The van der Waals surface area contributed by atoms with Crippen LogP contribution in [0, 0.1) is 13.8 Å². The minimum absolute atomic E-state index is 0.577. The third-order valence-electron chi connectivity index (χ3n) is 3.28. The van der Waals surface area contributed by atoms with Crippen LogP contribution in [0.4, 0.5) is 5.82 Å². The summed E-state index contributed by atoms with van der Waals surface area (Å²) in [4.78, 5) is 12.4. The van der Waals surface area contributed by atoms with Crippen molar-refractivity contribution in [1.29, 1.82) is 0 Å². The predicted octanol–water partition coefficient (Wildman–Crippen LogP) is 4.84. The van der Waals surface area contributed by atoms with Crippen molar-refractivity contribution in [2.45, 2.75) is 24.5 Å². The van der Waals surface area contributed by atoms with E-state index in [1.165, 1.54) is 10.4 Å². The smallest absolute Gasteiger partial charge is 0.142 e. The van der Waals surface area contributed by atoms with Gasteiger partial charge in [0.1, 0.15) is 16.5 Å². The van der Waals surface area contributed by atoms with Gasteiger partial charge in [-0.25, -0.2) is 9.97 Å². The summed E-state index contributed by atoms with van der Waals surface area (Å²) < 4.78 is 0. The SMILES string of the molecule is Cc1sc2nc(CSc3ccc(Cl)cc3)nc(N)c2c1C. The first-order valence-corrected chi connectivity index (χ1v) is 8.63. The number of nitrogens with zero attached hydrogens (tertiary/aromatic N) is 2. The lowest BCUT2D eigenvalue weighted by Crippen LogP contribution is -1.99. The Morgan fingerprint density at radius 2 is 1.90 bits per heavy atom. The minimum atomic E-state index is 0.577. The summed E-state index contributed by atoms with van der Waals surface area (Å²) in [7, 11) is 0. The fourth-order valence-electron chi connectivity index (χ4n) is 2.07. The van der Waals surface area contributed by atoms with Crippen LogP contribution in [-0.4, -0.2) is 9.97 Å². The highest BCUT2D eigenvalue weighted by Crippen LogP contribution is 2.33. The van der Waals surface area contributed by atoms with E-state index in [-0.39, 0.29) is 0 Å². The first kappa shape index (κ1) is 14.6. The van der Waals surface area contributed by atoms with E-state index in [2.05, 4.69) is 23.8 Å². The Hall–Kier alpha value is -1.30. The summed E-state index contributed by atoms with van der Waals surface area (Å²) in [5, 5.41) is 1.74. The molecule has 0 amide bonds. The molecule has 0 aliphatic rings. The van der Waals surface area contributed by atoms with Gasteiger partial charge in [0.25, 0.3) is 0 Å². The maximum atomic E-state index is 6.09. The van der Waals surface area contributed by atoms with E-state index in [4.69, 9.17) is 17.3 Å². The van der Waals surface area contributed by atoms with Gasteiger partial charge in [-0.15, -0.1) is 23.1 Å². The number of hydrogen-bond acceptors (Lipinski definition) is 5. The van der Waals surface area contributed by atoms with Crippen LogP contribution in [-0.2, 0) is 5.75 Å². The Bertz CT molecular complexity index is 797. The van der Waals surface area contributed by atoms with Crippen LogP contribution in [0.5, 0.6) is 0 Å². The van der Waals surface area contributed by atoms with Crippen LogP contribution in [0.15, 0.2) is 29.2 Å². The summed E-state index contributed by atoms with van der Waals surface area (Å²) in [6, 6.07) is 7.76. The lowest BCUT2D eigenvalue weighted by atomic mass is 10.2. The summed E-state index contributed by atoms with van der Waals surface area (Å²) in [6.07, 6.45) is 0. The van der Waals surface area contributed by atoms with Gasteiger partial charge in [0.15, 0.2) is 0 Å². The zero-order chi connectivity index (χ0) is 15.0. The van der Waals surface area contributed by atoms with Crippen molar-refractivity contribution in [3.05, 3.63) is 45.6 Å². The number of halogens is 1. The monoisotopic (exact) mass is 335 g/mol. The number of thioether (sulfide) groups is 1. The Morgan fingerprint density at radius 1 is 1.19 bits per heavy atom. The van der Waals surface area contributed by atoms with Crippen LogP contribution in [0.2, 0.25) is 5.02 Å². The van der Waals surface area contributed by atoms with Crippen LogP contribution < -0.4 is 5.73 Å². The van der Waals surface area contributed by atoms with E-state index in [0.29, 0.717) is 11.6 Å². The normalized spacial score (nSPS) is 11.2. The summed E-state index contributed by atoms with van der Waals surface area (Å²) in [5.74, 6) is 2.03. The van der Waals surface area contributed by atoms with Gasteiger partial charge in [-0.2, -0.15) is 0 Å². The Labute approximate surface area is 136 Å². The third kappa shape index (κ3) is 3.00. The average molecular weight is 336 g/mol. The van der Waals surface area contributed by atoms with Crippen LogP contribution in [0.25, 0.3) is 10.2 Å². The van der Waals surface area contributed by atoms with E-state index in [0.717, 1.165) is 26.0 Å². The summed E-state index contributed by atoms with van der Waals surface area (Å²) in [6.45, 7) is 4.15. The number of anilines is 1. The van der Waals surface area contributed by atoms with Gasteiger partial charge in [0.2, 0.25) is 0 Å². The van der Waals surface area contributed by atoms with Crippen LogP contribution in [0.3, 0.4) is 0 Å². The second kappa shape index (κ2) is 5.83. The maximum Gasteiger partial charge on any atom is 0.142 e. The molecule has 0 aliphatic carbocycles. The molecule has 2 heterocycles. The molecular formula is C15H14ClN3S2. The van der Waals surface area contributed by atoms with Crippen molar-refractivity contribution < 1.29 is 0 Å². The second-order valence-corrected chi connectivity index (χ2v) is 7.42. The molecule has 6 heteroatoms. The molecule has 0 bridgehead atoms. The second-order valence-electron chi connectivity index (χ2n) is 4.73. The number of nitrogen functional groups attached to an aromatic ring is 1. The predicted molar refractivity (Wildman–Crippen MR) is 92.3 cm³/mol. The molecule has 0 spiro atoms. The average Bonchev–Trinajstić information content (AvgIpc) is 2.74. The highest BCUT2D eigenvalue weighted by atomic mass is 35.5. The molecular weight excluding hydrogens is 322 g/mol. The van der Waals surface area contributed by atoms with Crippen molar-refractivity contribution in [1.82, 2.24) is 9.97 Å². The molecule has 3 nitrogen and oxygen atoms in total. The maximum absolute atomic E-state index is 6.09. The van der Waals surface area contributed by atoms with Crippen molar-refractivity contribution >= 4 is 50.7 Å². The van der Waals surface area contributed by atoms with Crippen molar-refractivity contribution in [3.8, 4) is 0 Å². The van der Waals surface area contributed by atoms with Gasteiger partial charge in [0.05, 0.1) is 11.1 Å². The highest BCUT2D eigenvalue weighted by molar-refractivity contribution is 7.98. The van der Waals surface area contributed by atoms with Crippen LogP contribution >= 0.6 is 34.7 Å². The van der Waals surface area contributed by atoms with Gasteiger partial charge < -0.3 is 5.73 Å². The topological polar surface area (TPSA) is 51.8 Å². The Kier molecular flexibility index (Phi) is 4.06. The van der Waals surface area contributed by atoms with Crippen LogP contribution in [0.1, 0.15) is 16.3 Å². The molecule has 0 unspecified atom stereocenters. The molecule has 0 aliphatic heterocycles. The minimum Gasteiger partial charge on any atom is -0.383 e. The molecule has 2 aromatic heterocycles. The zero-order valence-electron chi connectivity index (χ0n) is 11.7. The largest absolute Gasteiger partial charge is 0.383 e. The Balaban J connectivity index is 1.86. The number of benzene rings is 1. The summed E-state index contributed by atoms with van der Waals surface area (Å²) in [5.41, 5.74) is 7.27. The quantitative estimate of drug-likeness (QED) is 0.696. The van der Waals surface area contributed by atoms with Gasteiger partial charge in [0, 0.05) is 14.8 Å². The fourth-order valence-corrected chi connectivity index (χ4v) is 4.01. The summed E-state index contributed by atoms with van der Waals surface area (Å²) >= 11 is 9.23. The number of aryl methyl sites for hydroxylation is 2. The molecule has 1 aromatic carbocycles. The molecule has 0 saturated carbocycles. The van der Waals surface area contributed by atoms with E-state index >= 15 is 0 Å². The molecule has 0 atom stereocenters. The van der Waals surface area contributed by atoms with Gasteiger partial charge >= 0.3 is 0 Å². The molecule has 3 rings (SSSR count). The number of aromatic nitrogens is 2. The number of fused-ring (bicyclic) bond motifs is 1. The molecule has 21 heavy (non-hydrogen) atoms. The first-order chi connectivity index (χ1) is 10.0. The van der Waals surface area contributed by atoms with E-state index < -0.39 is 0 Å². The fraction of sp³-hybridized carbons (Fsp3) is 0.200. The van der Waals surface area contributed by atoms with Gasteiger partial charge in [-0.3, -0.25) is 0 Å². The highest BCUT2D eigenvalue weighted by Gasteiger charge is 2.12. The van der Waals surface area contributed by atoms with Crippen molar-refractivity contribution in [3.63, 3.8) is 0 Å². The number of rotatable bonds is 3. The molecule has 2 N–H and O–H groups in total. The number of nitrogens with two attached hydrogens (primary N) is 1. The first-order valence-electron chi connectivity index (χ1n) is 6.45. The molecule has 3 aromatic rings. The lowest BCUT2D eigenvalue weighted by Gasteiger charge is -2.04. The van der Waals surface area contributed by atoms with E-state index in [1.54, 1.807) is 23.1 Å². The molecule has 0 fully saturated rings. The number of hydrogen-bond donors (Lipinski definition) is 1. The lowest BCUT2D eigenvalue weighted by molar-refractivity contribution is 1.08. The van der Waals surface area contributed by atoms with Crippen molar-refractivity contribution in [2.75, 3.05) is 5.73 Å².